The van der Waals surface area contributed by atoms with E-state index >= 15 is 0 Å². The number of hydrogen-bond donors (Lipinski definition) is 1. The van der Waals surface area contributed by atoms with Gasteiger partial charge in [-0.3, -0.25) is 0 Å². The minimum absolute atomic E-state index is 0. The fourth-order valence-corrected chi connectivity index (χ4v) is 12.1. The molecule has 0 aromatic heterocycles. The van der Waals surface area contributed by atoms with Crippen molar-refractivity contribution in [2.45, 2.75) is 252 Å². The van der Waals surface area contributed by atoms with Gasteiger partial charge in [0.05, 0.1) is 18.5 Å². The highest BCUT2D eigenvalue weighted by molar-refractivity contribution is 7.76. The number of carbonyl (C=O) groups is 1. The fourth-order valence-electron chi connectivity index (χ4n) is 7.72. The maximum atomic E-state index is 12.2. The summed E-state index contributed by atoms with van der Waals surface area (Å²) in [5, 5.41) is 10.1. The first-order valence-corrected chi connectivity index (χ1v) is 24.7. The Bertz CT molecular complexity index is 543. The molecular formula is C44H90ClO2P. The van der Waals surface area contributed by atoms with Crippen LogP contribution in [0.15, 0.2) is 0 Å². The van der Waals surface area contributed by atoms with E-state index in [1.165, 1.54) is 250 Å². The smallest absolute Gasteiger partial charge is 0.341 e. The van der Waals surface area contributed by atoms with Crippen LogP contribution in [0.2, 0.25) is 0 Å². The number of aliphatic carboxylic acids is 1. The van der Waals surface area contributed by atoms with Gasteiger partial charge in [-0.1, -0.05) is 213 Å². The lowest BCUT2D eigenvalue weighted by Gasteiger charge is -2.27. The number of carboxylic acids is 1. The maximum Gasteiger partial charge on any atom is 0.341 e. The molecule has 0 rings (SSSR count). The van der Waals surface area contributed by atoms with E-state index in [9.17, 15) is 9.90 Å². The Morgan fingerprint density at radius 1 is 0.333 bits per heavy atom. The molecule has 0 aromatic carbocycles. The summed E-state index contributed by atoms with van der Waals surface area (Å²) in [4.78, 5) is 12.2. The quantitative estimate of drug-likeness (QED) is 0.0505. The Morgan fingerprint density at radius 2 is 0.500 bits per heavy atom. The van der Waals surface area contributed by atoms with E-state index in [0.29, 0.717) is 6.16 Å². The van der Waals surface area contributed by atoms with Crippen LogP contribution in [0.25, 0.3) is 0 Å². The Balaban J connectivity index is 0. The molecular weight excluding hydrogens is 627 g/mol. The van der Waals surface area contributed by atoms with Gasteiger partial charge in [0.15, 0.2) is 6.16 Å². The first kappa shape index (κ1) is 50.3. The molecule has 0 aromatic rings. The molecule has 0 aliphatic heterocycles. The maximum absolute atomic E-state index is 12.2. The van der Waals surface area contributed by atoms with Gasteiger partial charge in [-0.15, -0.1) is 0 Å². The summed E-state index contributed by atoms with van der Waals surface area (Å²) in [6.45, 7) is 6.89. The predicted octanol–water partition coefficient (Wildman–Crippen LogP) is 13.2. The van der Waals surface area contributed by atoms with Crippen molar-refractivity contribution in [2.75, 3.05) is 24.6 Å². The molecule has 0 aliphatic carbocycles. The van der Waals surface area contributed by atoms with Gasteiger partial charge in [-0.05, 0) is 38.5 Å². The molecule has 0 bridgehead atoms. The van der Waals surface area contributed by atoms with Gasteiger partial charge in [0, 0.05) is 7.26 Å². The average Bonchev–Trinajstić information content (AvgIpc) is 3.06. The molecule has 1 N–H and O–H groups in total. The second kappa shape index (κ2) is 41.6. The number of unbranched alkanes of at least 4 members (excludes halogenated alkanes) is 33. The zero-order valence-electron chi connectivity index (χ0n) is 33.5. The Morgan fingerprint density at radius 3 is 0.667 bits per heavy atom. The van der Waals surface area contributed by atoms with Crippen molar-refractivity contribution in [3.05, 3.63) is 0 Å². The van der Waals surface area contributed by atoms with E-state index in [0.717, 1.165) is 0 Å². The molecule has 0 atom stereocenters. The van der Waals surface area contributed by atoms with Crippen molar-refractivity contribution < 1.29 is 22.3 Å². The first-order chi connectivity index (χ1) is 23.1. The molecule has 0 spiro atoms. The summed E-state index contributed by atoms with van der Waals surface area (Å²) < 4.78 is 0. The van der Waals surface area contributed by atoms with Crippen LogP contribution < -0.4 is 12.4 Å². The van der Waals surface area contributed by atoms with Gasteiger partial charge in [0.1, 0.15) is 0 Å². The lowest BCUT2D eigenvalue weighted by molar-refractivity contribution is -0.134. The number of hydrogen-bond acceptors (Lipinski definition) is 1. The van der Waals surface area contributed by atoms with E-state index in [2.05, 4.69) is 20.8 Å². The molecule has 0 saturated heterocycles. The highest BCUT2D eigenvalue weighted by atomic mass is 35.5. The van der Waals surface area contributed by atoms with Crippen LogP contribution in [-0.4, -0.2) is 35.7 Å². The van der Waals surface area contributed by atoms with Crippen LogP contribution in [0.1, 0.15) is 252 Å². The molecule has 0 unspecified atom stereocenters. The zero-order chi connectivity index (χ0) is 34.4. The van der Waals surface area contributed by atoms with Crippen LogP contribution >= 0.6 is 7.26 Å². The van der Waals surface area contributed by atoms with E-state index in [1.54, 1.807) is 0 Å². The van der Waals surface area contributed by atoms with Gasteiger partial charge in [-0.2, -0.15) is 0 Å². The molecule has 4 heteroatoms. The number of halogens is 1. The van der Waals surface area contributed by atoms with E-state index in [-0.39, 0.29) is 12.4 Å². The van der Waals surface area contributed by atoms with Gasteiger partial charge in [-0.25, -0.2) is 4.79 Å². The number of carboxylic acid groups (broad SMARTS) is 1. The molecule has 290 valence electrons. The van der Waals surface area contributed by atoms with E-state index in [1.807, 2.05) is 0 Å². The molecule has 0 saturated carbocycles. The van der Waals surface area contributed by atoms with Crippen molar-refractivity contribution in [2.24, 2.45) is 0 Å². The zero-order valence-corrected chi connectivity index (χ0v) is 35.1. The minimum atomic E-state index is -1.39. The van der Waals surface area contributed by atoms with Crippen LogP contribution in [0, 0.1) is 0 Å². The van der Waals surface area contributed by atoms with Crippen molar-refractivity contribution in [3.63, 3.8) is 0 Å². The predicted molar refractivity (Wildman–Crippen MR) is 217 cm³/mol. The summed E-state index contributed by atoms with van der Waals surface area (Å²) in [6, 6.07) is 0. The Kier molecular flexibility index (Phi) is 43.6. The van der Waals surface area contributed by atoms with E-state index in [4.69, 9.17) is 0 Å². The summed E-state index contributed by atoms with van der Waals surface area (Å²) >= 11 is 0. The third-order valence-corrected chi connectivity index (χ3v) is 15.7. The first-order valence-electron chi connectivity index (χ1n) is 22.2. The highest BCUT2D eigenvalue weighted by Crippen LogP contribution is 2.60. The normalized spacial score (nSPS) is 11.6. The minimum Gasteiger partial charge on any atom is -1.00 e. The second-order valence-corrected chi connectivity index (χ2v) is 20.1. The average molecular weight is 718 g/mol. The molecule has 0 amide bonds. The third kappa shape index (κ3) is 37.4. The standard InChI is InChI=1S/C44H89O2P.ClH/c1-4-7-10-13-16-19-22-25-28-31-34-37-40-47(43-44(45)46,41-38-35-32-29-26-23-20-17-14-11-8-5-2)42-39-36-33-30-27-24-21-18-15-12-9-6-3;/h4-43H2,1-3H3;1H. The molecule has 2 nitrogen and oxygen atoms in total. The largest absolute Gasteiger partial charge is 1.00 e. The summed E-state index contributed by atoms with van der Waals surface area (Å²) in [7, 11) is -1.39. The van der Waals surface area contributed by atoms with Crippen LogP contribution in [0.5, 0.6) is 0 Å². The summed E-state index contributed by atoms with van der Waals surface area (Å²) in [5.41, 5.74) is 0. The van der Waals surface area contributed by atoms with Crippen molar-refractivity contribution >= 4 is 13.2 Å². The molecule has 0 aliphatic rings. The topological polar surface area (TPSA) is 37.3 Å². The van der Waals surface area contributed by atoms with E-state index < -0.39 is 13.2 Å². The summed E-state index contributed by atoms with van der Waals surface area (Å²) in [5.74, 6) is -0.504. The highest BCUT2D eigenvalue weighted by Gasteiger charge is 2.38. The fraction of sp³-hybridized carbons (Fsp3) is 0.977. The van der Waals surface area contributed by atoms with Crippen LogP contribution in [-0.2, 0) is 4.79 Å². The van der Waals surface area contributed by atoms with Crippen molar-refractivity contribution in [1.82, 2.24) is 0 Å². The van der Waals surface area contributed by atoms with Crippen molar-refractivity contribution in [3.8, 4) is 0 Å². The number of rotatable bonds is 41. The van der Waals surface area contributed by atoms with Gasteiger partial charge in [0.2, 0.25) is 0 Å². The van der Waals surface area contributed by atoms with Crippen LogP contribution in [0.4, 0.5) is 0 Å². The second-order valence-electron chi connectivity index (χ2n) is 15.7. The molecule has 0 heterocycles. The molecule has 0 fully saturated rings. The summed E-state index contributed by atoms with van der Waals surface area (Å²) in [6.07, 6.45) is 54.2. The van der Waals surface area contributed by atoms with Crippen LogP contribution in [0.3, 0.4) is 0 Å². The Labute approximate surface area is 311 Å². The molecule has 48 heavy (non-hydrogen) atoms. The SMILES string of the molecule is CCCCCCCCCCCCCC[P+](CCCCCCCCCCCCCC)(CCCCCCCCCCCCCC)CC(=O)O.[Cl-]. The van der Waals surface area contributed by atoms with Gasteiger partial charge in [0.25, 0.3) is 0 Å². The van der Waals surface area contributed by atoms with Gasteiger partial charge >= 0.3 is 5.97 Å². The molecule has 0 radical (unpaired) electrons. The monoisotopic (exact) mass is 717 g/mol. The van der Waals surface area contributed by atoms with Crippen molar-refractivity contribution in [1.29, 1.82) is 0 Å². The third-order valence-electron chi connectivity index (χ3n) is 10.9. The van der Waals surface area contributed by atoms with Gasteiger partial charge < -0.3 is 17.5 Å². The lowest BCUT2D eigenvalue weighted by atomic mass is 10.1. The Hall–Kier alpha value is 0.190. The lowest BCUT2D eigenvalue weighted by Crippen LogP contribution is -3.00.